The fourth-order valence-corrected chi connectivity index (χ4v) is 2.36. The first-order valence-electron chi connectivity index (χ1n) is 3.62. The molecule has 0 saturated carbocycles. The van der Waals surface area contributed by atoms with Gasteiger partial charge in [-0.05, 0) is 11.5 Å². The third kappa shape index (κ3) is 2.85. The van der Waals surface area contributed by atoms with Gasteiger partial charge in [0, 0.05) is 6.92 Å². The minimum atomic E-state index is -0.100. The highest BCUT2D eigenvalue weighted by molar-refractivity contribution is 8.17. The molecule has 0 fully saturated rings. The van der Waals surface area contributed by atoms with Gasteiger partial charge in [-0.3, -0.25) is 4.79 Å². The molecule has 0 amide bonds. The van der Waals surface area contributed by atoms with Crippen LogP contribution in [0.4, 0.5) is 0 Å². The van der Waals surface area contributed by atoms with Gasteiger partial charge in [0.1, 0.15) is 10.9 Å². The van der Waals surface area contributed by atoms with Crippen LogP contribution in [0.1, 0.15) is 20.8 Å². The number of carbonyl (C=O) groups excluding carboxylic acids is 1. The van der Waals surface area contributed by atoms with Crippen molar-refractivity contribution < 1.29 is 4.79 Å². The number of rotatable bonds is 3. The number of ketones is 1. The summed E-state index contributed by atoms with van der Waals surface area (Å²) in [4.78, 5) is 11.3. The highest BCUT2D eigenvalue weighted by Gasteiger charge is 2.06. The van der Waals surface area contributed by atoms with Crippen molar-refractivity contribution in [2.24, 2.45) is 0 Å². The Kier molecular flexibility index (Phi) is 4.80. The van der Waals surface area contributed by atoms with Gasteiger partial charge in [-0.2, -0.15) is 15.7 Å². The second-order valence-corrected chi connectivity index (χ2v) is 4.62. The average molecular weight is 171 g/mol. The van der Waals surface area contributed by atoms with Crippen LogP contribution < -0.4 is 0 Å². The lowest BCUT2D eigenvalue weighted by molar-refractivity contribution is -0.110. The predicted molar refractivity (Wildman–Crippen MR) is 50.0 cm³/mol. The molecule has 0 bridgehead atoms. The van der Waals surface area contributed by atoms with Gasteiger partial charge in [-0.1, -0.05) is 13.8 Å². The maximum Gasteiger partial charge on any atom is 0.175 e. The van der Waals surface area contributed by atoms with Crippen LogP contribution in [0.15, 0.2) is 0 Å². The van der Waals surface area contributed by atoms with Gasteiger partial charge in [-0.15, -0.1) is 0 Å². The molecule has 0 heterocycles. The second-order valence-electron chi connectivity index (χ2n) is 2.07. The van der Waals surface area contributed by atoms with E-state index in [1.807, 2.05) is 19.9 Å². The molecule has 0 aliphatic rings. The summed E-state index contributed by atoms with van der Waals surface area (Å²) in [5.41, 5.74) is 0. The molecular weight excluding hydrogens is 158 g/mol. The zero-order valence-electron chi connectivity index (χ0n) is 7.18. The number of Topliss-reactive ketones (excluding diaryl/α,β-unsaturated/α-hetero) is 1. The zero-order valence-corrected chi connectivity index (χ0v) is 7.99. The summed E-state index contributed by atoms with van der Waals surface area (Å²) in [7, 11) is -0.100. The molecule has 0 aliphatic carbocycles. The topological polar surface area (TPSA) is 40.9 Å². The summed E-state index contributed by atoms with van der Waals surface area (Å²) in [6.07, 6.45) is 0. The Labute approximate surface area is 70.1 Å². The van der Waals surface area contributed by atoms with Crippen molar-refractivity contribution in [1.29, 1.82) is 5.26 Å². The molecule has 0 aromatic heterocycles. The second kappa shape index (κ2) is 5.09. The van der Waals surface area contributed by atoms with E-state index in [-0.39, 0.29) is 16.3 Å². The SMILES string of the molecule is CCS(CC)=C(C#N)C(C)=O. The van der Waals surface area contributed by atoms with Gasteiger partial charge in [0.05, 0.1) is 0 Å². The number of nitriles is 1. The summed E-state index contributed by atoms with van der Waals surface area (Å²) in [6.45, 7) is 5.48. The average Bonchev–Trinajstić information content (AvgIpc) is 1.99. The first kappa shape index (κ1) is 10.4. The lowest BCUT2D eigenvalue weighted by Crippen LogP contribution is -2.08. The molecule has 0 aliphatic heterocycles. The van der Waals surface area contributed by atoms with E-state index in [0.29, 0.717) is 4.86 Å². The van der Waals surface area contributed by atoms with E-state index in [9.17, 15) is 4.79 Å². The van der Waals surface area contributed by atoms with E-state index < -0.39 is 0 Å². The summed E-state index contributed by atoms with van der Waals surface area (Å²) >= 11 is 0. The van der Waals surface area contributed by atoms with Crippen LogP contribution in [0.3, 0.4) is 0 Å². The number of hydrogen-bond acceptors (Lipinski definition) is 2. The molecule has 0 spiro atoms. The highest BCUT2D eigenvalue weighted by atomic mass is 32.2. The van der Waals surface area contributed by atoms with Crippen molar-refractivity contribution in [1.82, 2.24) is 0 Å². The lowest BCUT2D eigenvalue weighted by atomic mass is 10.3. The van der Waals surface area contributed by atoms with Gasteiger partial charge < -0.3 is 0 Å². The molecular formula is C8H13NOS. The molecule has 0 atom stereocenters. The molecule has 0 N–H and O–H groups in total. The van der Waals surface area contributed by atoms with Crippen LogP contribution in [-0.2, 0) is 4.79 Å². The fraction of sp³-hybridized carbons (Fsp3) is 0.625. The maximum absolute atomic E-state index is 10.9. The quantitative estimate of drug-likeness (QED) is 0.605. The third-order valence-electron chi connectivity index (χ3n) is 1.41. The minimum Gasteiger partial charge on any atom is -0.293 e. The number of hydrogen-bond donors (Lipinski definition) is 0. The van der Waals surface area contributed by atoms with E-state index in [1.165, 1.54) is 6.92 Å². The Morgan fingerprint density at radius 2 is 1.91 bits per heavy atom. The third-order valence-corrected chi connectivity index (χ3v) is 3.76. The van der Waals surface area contributed by atoms with Crippen LogP contribution in [0.2, 0.25) is 0 Å². The number of carbonyl (C=O) groups is 1. The molecule has 0 aromatic rings. The van der Waals surface area contributed by atoms with Gasteiger partial charge in [0.15, 0.2) is 5.78 Å². The van der Waals surface area contributed by atoms with Crippen LogP contribution in [0, 0.1) is 11.3 Å². The molecule has 0 saturated heterocycles. The summed E-state index contributed by atoms with van der Waals surface area (Å²) in [5, 5.41) is 8.63. The van der Waals surface area contributed by atoms with Crippen LogP contribution in [-0.4, -0.2) is 22.2 Å². The van der Waals surface area contributed by atoms with Crippen LogP contribution >= 0.6 is 10.5 Å². The van der Waals surface area contributed by atoms with Crippen molar-refractivity contribution in [2.75, 3.05) is 11.5 Å². The summed E-state index contributed by atoms with van der Waals surface area (Å²) in [6, 6.07) is 1.98. The summed E-state index contributed by atoms with van der Waals surface area (Å²) in [5.74, 6) is 1.73. The Morgan fingerprint density at radius 1 is 1.45 bits per heavy atom. The van der Waals surface area contributed by atoms with Gasteiger partial charge >= 0.3 is 0 Å². The molecule has 0 aromatic carbocycles. The van der Waals surface area contributed by atoms with Gasteiger partial charge in [-0.25, -0.2) is 0 Å². The molecule has 2 nitrogen and oxygen atoms in total. The van der Waals surface area contributed by atoms with Crippen molar-refractivity contribution in [3.05, 3.63) is 0 Å². The van der Waals surface area contributed by atoms with Gasteiger partial charge in [0.2, 0.25) is 0 Å². The smallest absolute Gasteiger partial charge is 0.175 e. The largest absolute Gasteiger partial charge is 0.293 e. The zero-order chi connectivity index (χ0) is 8.85. The molecule has 0 unspecified atom stereocenters. The van der Waals surface area contributed by atoms with E-state index in [2.05, 4.69) is 0 Å². The monoisotopic (exact) mass is 171 g/mol. The van der Waals surface area contributed by atoms with Crippen molar-refractivity contribution in [3.63, 3.8) is 0 Å². The molecule has 3 heteroatoms. The molecule has 11 heavy (non-hydrogen) atoms. The predicted octanol–water partition coefficient (Wildman–Crippen LogP) is 1.58. The van der Waals surface area contributed by atoms with Crippen LogP contribution in [0.25, 0.3) is 0 Å². The molecule has 0 radical (unpaired) electrons. The Bertz CT molecular complexity index is 219. The molecule has 0 rings (SSSR count). The molecule has 62 valence electrons. The maximum atomic E-state index is 10.9. The first-order valence-corrected chi connectivity index (χ1v) is 5.19. The highest BCUT2D eigenvalue weighted by Crippen LogP contribution is 2.13. The van der Waals surface area contributed by atoms with Crippen molar-refractivity contribution in [3.8, 4) is 6.07 Å². The Balaban J connectivity index is 4.82. The normalized spacial score (nSPS) is 9.36. The van der Waals surface area contributed by atoms with Crippen molar-refractivity contribution in [2.45, 2.75) is 20.8 Å². The van der Waals surface area contributed by atoms with E-state index >= 15 is 0 Å². The van der Waals surface area contributed by atoms with E-state index in [1.54, 1.807) is 0 Å². The lowest BCUT2D eigenvalue weighted by Gasteiger charge is -2.03. The van der Waals surface area contributed by atoms with E-state index in [4.69, 9.17) is 5.26 Å². The fourth-order valence-electron chi connectivity index (χ4n) is 0.839. The van der Waals surface area contributed by atoms with Crippen LogP contribution in [0.5, 0.6) is 0 Å². The Hall–Kier alpha value is -0.620. The van der Waals surface area contributed by atoms with Gasteiger partial charge in [0.25, 0.3) is 0 Å². The standard InChI is InChI=1S/C8H13NOS/c1-4-11(5-2)8(6-9)7(3)10/h4-5H2,1-3H3. The minimum absolute atomic E-state index is 0.0699. The number of nitrogens with zero attached hydrogens (tertiary/aromatic N) is 1. The summed E-state index contributed by atoms with van der Waals surface area (Å²) < 4.78 is 0. The Morgan fingerprint density at radius 3 is 2.00 bits per heavy atom. The first-order chi connectivity index (χ1) is 5.17. The van der Waals surface area contributed by atoms with Crippen molar-refractivity contribution >= 4 is 21.1 Å². The van der Waals surface area contributed by atoms with E-state index in [0.717, 1.165) is 11.5 Å².